The molecule has 1 fully saturated rings. The van der Waals surface area contributed by atoms with Gasteiger partial charge in [-0.25, -0.2) is 0 Å². The Bertz CT molecular complexity index is 388. The molecule has 14 heavy (non-hydrogen) atoms. The molecular weight excluding hydrogens is 172 g/mol. The summed E-state index contributed by atoms with van der Waals surface area (Å²) in [6.45, 7) is 0. The Kier molecular flexibility index (Phi) is 1.73. The van der Waals surface area contributed by atoms with E-state index >= 15 is 0 Å². The fraction of sp³-hybridized carbons (Fsp3) is 0.462. The van der Waals surface area contributed by atoms with Gasteiger partial charge in [0.15, 0.2) is 0 Å². The highest BCUT2D eigenvalue weighted by molar-refractivity contribution is 5.83. The van der Waals surface area contributed by atoms with Gasteiger partial charge in [-0.05, 0) is 41.9 Å². The summed E-state index contributed by atoms with van der Waals surface area (Å²) < 4.78 is 0. The summed E-state index contributed by atoms with van der Waals surface area (Å²) >= 11 is 0. The van der Waals surface area contributed by atoms with Crippen LogP contribution in [0.2, 0.25) is 0 Å². The molecule has 0 bridgehead atoms. The van der Waals surface area contributed by atoms with Crippen LogP contribution in [-0.4, -0.2) is 5.78 Å². The summed E-state index contributed by atoms with van der Waals surface area (Å²) in [6.07, 6.45) is 5.10. The lowest BCUT2D eigenvalue weighted by Gasteiger charge is -2.15. The standard InChI is InChI=1S/C13H14O/c14-13-6-5-11-7-10(9-1-2-9)3-4-12(11)8-13/h3-4,7,9H,1-2,5-6,8H2. The van der Waals surface area contributed by atoms with Crippen molar-refractivity contribution in [3.05, 3.63) is 34.9 Å². The van der Waals surface area contributed by atoms with Crippen LogP contribution in [0.4, 0.5) is 0 Å². The number of carbonyl (C=O) groups is 1. The maximum Gasteiger partial charge on any atom is 0.137 e. The highest BCUT2D eigenvalue weighted by atomic mass is 16.1. The zero-order valence-corrected chi connectivity index (χ0v) is 8.25. The van der Waals surface area contributed by atoms with Gasteiger partial charge in [0.2, 0.25) is 0 Å². The van der Waals surface area contributed by atoms with Gasteiger partial charge in [0, 0.05) is 12.8 Å². The lowest BCUT2D eigenvalue weighted by atomic mass is 9.89. The smallest absolute Gasteiger partial charge is 0.137 e. The Morgan fingerprint density at radius 3 is 2.71 bits per heavy atom. The van der Waals surface area contributed by atoms with Gasteiger partial charge in [0.25, 0.3) is 0 Å². The summed E-state index contributed by atoms with van der Waals surface area (Å²) in [5, 5.41) is 0. The normalized spacial score (nSPS) is 20.7. The first kappa shape index (κ1) is 8.22. The predicted octanol–water partition coefficient (Wildman–Crippen LogP) is 2.62. The van der Waals surface area contributed by atoms with Crippen LogP contribution < -0.4 is 0 Å². The number of ketones is 1. The van der Waals surface area contributed by atoms with E-state index in [0.717, 1.165) is 18.8 Å². The number of hydrogen-bond donors (Lipinski definition) is 0. The number of benzene rings is 1. The molecule has 0 atom stereocenters. The van der Waals surface area contributed by atoms with Crippen molar-refractivity contribution in [2.75, 3.05) is 0 Å². The molecule has 2 aliphatic rings. The molecule has 0 unspecified atom stereocenters. The molecule has 1 aromatic carbocycles. The first-order valence-electron chi connectivity index (χ1n) is 5.46. The van der Waals surface area contributed by atoms with Gasteiger partial charge in [0.05, 0.1) is 0 Å². The largest absolute Gasteiger partial charge is 0.299 e. The summed E-state index contributed by atoms with van der Waals surface area (Å²) in [5.41, 5.74) is 4.19. The average Bonchev–Trinajstić information content (AvgIpc) is 3.00. The third-order valence-corrected chi connectivity index (χ3v) is 3.34. The van der Waals surface area contributed by atoms with Crippen LogP contribution >= 0.6 is 0 Å². The SMILES string of the molecule is O=C1CCc2cc(C3CC3)ccc2C1. The van der Waals surface area contributed by atoms with E-state index in [1.165, 1.54) is 29.5 Å². The van der Waals surface area contributed by atoms with Crippen molar-refractivity contribution in [1.29, 1.82) is 0 Å². The van der Waals surface area contributed by atoms with Crippen molar-refractivity contribution in [2.24, 2.45) is 0 Å². The van der Waals surface area contributed by atoms with Gasteiger partial charge in [0.1, 0.15) is 5.78 Å². The molecule has 0 heterocycles. The molecule has 1 aromatic rings. The number of aryl methyl sites for hydroxylation is 1. The fourth-order valence-electron chi connectivity index (χ4n) is 2.30. The van der Waals surface area contributed by atoms with Crippen LogP contribution in [0.5, 0.6) is 0 Å². The van der Waals surface area contributed by atoms with Crippen LogP contribution in [0, 0.1) is 0 Å². The van der Waals surface area contributed by atoms with E-state index < -0.39 is 0 Å². The number of hydrogen-bond acceptors (Lipinski definition) is 1. The van der Waals surface area contributed by atoms with E-state index in [1.807, 2.05) is 0 Å². The van der Waals surface area contributed by atoms with Crippen molar-refractivity contribution in [2.45, 2.75) is 38.0 Å². The van der Waals surface area contributed by atoms with E-state index in [1.54, 1.807) is 0 Å². The monoisotopic (exact) mass is 186 g/mol. The van der Waals surface area contributed by atoms with E-state index in [2.05, 4.69) is 18.2 Å². The highest BCUT2D eigenvalue weighted by Gasteiger charge is 2.25. The lowest BCUT2D eigenvalue weighted by molar-refractivity contribution is -0.118. The highest BCUT2D eigenvalue weighted by Crippen LogP contribution is 2.41. The van der Waals surface area contributed by atoms with E-state index in [9.17, 15) is 4.79 Å². The fourth-order valence-corrected chi connectivity index (χ4v) is 2.30. The van der Waals surface area contributed by atoms with Crippen LogP contribution in [0.15, 0.2) is 18.2 Å². The molecule has 2 aliphatic carbocycles. The van der Waals surface area contributed by atoms with E-state index in [0.29, 0.717) is 12.2 Å². The Morgan fingerprint density at radius 1 is 1.07 bits per heavy atom. The molecule has 0 aromatic heterocycles. The molecule has 0 radical (unpaired) electrons. The molecule has 72 valence electrons. The minimum absolute atomic E-state index is 0.400. The predicted molar refractivity (Wildman–Crippen MR) is 55.4 cm³/mol. The first-order chi connectivity index (χ1) is 6.83. The molecule has 1 saturated carbocycles. The molecule has 0 aliphatic heterocycles. The van der Waals surface area contributed by atoms with Gasteiger partial charge in [-0.15, -0.1) is 0 Å². The minimum Gasteiger partial charge on any atom is -0.299 e. The van der Waals surface area contributed by atoms with Crippen LogP contribution in [0.1, 0.15) is 41.9 Å². The molecule has 0 spiro atoms. The first-order valence-corrected chi connectivity index (χ1v) is 5.46. The Hall–Kier alpha value is -1.11. The zero-order valence-electron chi connectivity index (χ0n) is 8.25. The molecule has 0 N–H and O–H groups in total. The summed E-state index contributed by atoms with van der Waals surface area (Å²) in [7, 11) is 0. The molecule has 0 saturated heterocycles. The van der Waals surface area contributed by atoms with E-state index in [4.69, 9.17) is 0 Å². The van der Waals surface area contributed by atoms with Gasteiger partial charge >= 0.3 is 0 Å². The van der Waals surface area contributed by atoms with Crippen molar-refractivity contribution in [1.82, 2.24) is 0 Å². The van der Waals surface area contributed by atoms with Gasteiger partial charge in [-0.2, -0.15) is 0 Å². The third-order valence-electron chi connectivity index (χ3n) is 3.34. The Balaban J connectivity index is 1.97. The van der Waals surface area contributed by atoms with Crippen molar-refractivity contribution in [3.8, 4) is 0 Å². The summed E-state index contributed by atoms with van der Waals surface area (Å²) in [5.74, 6) is 1.23. The molecule has 1 nitrogen and oxygen atoms in total. The van der Waals surface area contributed by atoms with Crippen LogP contribution in [0.25, 0.3) is 0 Å². The second-order valence-electron chi connectivity index (χ2n) is 4.52. The van der Waals surface area contributed by atoms with Gasteiger partial charge in [-0.3, -0.25) is 4.79 Å². The topological polar surface area (TPSA) is 17.1 Å². The maximum atomic E-state index is 11.3. The number of Topliss-reactive ketones (excluding diaryl/α,β-unsaturated/α-hetero) is 1. The number of carbonyl (C=O) groups excluding carboxylic acids is 1. The minimum atomic E-state index is 0.400. The summed E-state index contributed by atoms with van der Waals surface area (Å²) in [6, 6.07) is 6.72. The van der Waals surface area contributed by atoms with Crippen molar-refractivity contribution in [3.63, 3.8) is 0 Å². The Morgan fingerprint density at radius 2 is 1.93 bits per heavy atom. The quantitative estimate of drug-likeness (QED) is 0.659. The van der Waals surface area contributed by atoms with Gasteiger partial charge in [-0.1, -0.05) is 18.2 Å². The molecule has 0 amide bonds. The molecular formula is C13H14O. The summed E-state index contributed by atoms with van der Waals surface area (Å²) in [4.78, 5) is 11.3. The second-order valence-corrected chi connectivity index (χ2v) is 4.52. The average molecular weight is 186 g/mol. The number of rotatable bonds is 1. The van der Waals surface area contributed by atoms with E-state index in [-0.39, 0.29) is 0 Å². The van der Waals surface area contributed by atoms with Gasteiger partial charge < -0.3 is 0 Å². The van der Waals surface area contributed by atoms with Crippen molar-refractivity contribution < 1.29 is 4.79 Å². The molecule has 1 heteroatoms. The second kappa shape index (κ2) is 2.94. The zero-order chi connectivity index (χ0) is 9.54. The maximum absolute atomic E-state index is 11.3. The van der Waals surface area contributed by atoms with Crippen LogP contribution in [-0.2, 0) is 17.6 Å². The van der Waals surface area contributed by atoms with Crippen LogP contribution in [0.3, 0.4) is 0 Å². The Labute approximate surface area is 84.1 Å². The number of fused-ring (bicyclic) bond motifs is 1. The van der Waals surface area contributed by atoms with Crippen molar-refractivity contribution >= 4 is 5.78 Å². The third kappa shape index (κ3) is 1.37. The molecule has 3 rings (SSSR count). The lowest BCUT2D eigenvalue weighted by Crippen LogP contribution is -2.13.